The van der Waals surface area contributed by atoms with Gasteiger partial charge in [-0.2, -0.15) is 0 Å². The van der Waals surface area contributed by atoms with Crippen molar-refractivity contribution < 1.29 is 0 Å². The largest absolute Gasteiger partial charge is 0.378 e. The van der Waals surface area contributed by atoms with Crippen molar-refractivity contribution in [2.75, 3.05) is 25.5 Å². The molecule has 76 valence electrons. The topological polar surface area (TPSA) is 52.0 Å². The summed E-state index contributed by atoms with van der Waals surface area (Å²) in [5.41, 5.74) is 10.1. The maximum absolute atomic E-state index is 8.06. The highest BCUT2D eigenvalue weighted by molar-refractivity contribution is 5.51. The molecule has 0 heterocycles. The van der Waals surface area contributed by atoms with E-state index in [1.165, 1.54) is 0 Å². The van der Waals surface area contributed by atoms with Crippen LogP contribution < -0.4 is 4.90 Å². The van der Waals surface area contributed by atoms with Gasteiger partial charge < -0.3 is 4.90 Å². The van der Waals surface area contributed by atoms with E-state index in [2.05, 4.69) is 21.9 Å². The summed E-state index contributed by atoms with van der Waals surface area (Å²) < 4.78 is 0. The average Bonchev–Trinajstić information content (AvgIpc) is 2.25. The van der Waals surface area contributed by atoms with Crippen molar-refractivity contribution in [3.8, 4) is 11.8 Å². The van der Waals surface area contributed by atoms with Gasteiger partial charge in [-0.15, -0.1) is 0 Å². The van der Waals surface area contributed by atoms with Crippen LogP contribution in [0, 0.1) is 11.8 Å². The van der Waals surface area contributed by atoms with Crippen LogP contribution in [0.2, 0.25) is 0 Å². The molecule has 0 saturated heterocycles. The van der Waals surface area contributed by atoms with Crippen molar-refractivity contribution in [1.29, 1.82) is 0 Å². The molecular formula is C11H12N4. The molecule has 0 spiro atoms. The third kappa shape index (κ3) is 3.63. The number of hydrogen-bond donors (Lipinski definition) is 0. The third-order valence-corrected chi connectivity index (χ3v) is 1.81. The van der Waals surface area contributed by atoms with Crippen LogP contribution in [-0.4, -0.2) is 20.6 Å². The fraction of sp³-hybridized carbons (Fsp3) is 0.273. The zero-order chi connectivity index (χ0) is 11.1. The maximum atomic E-state index is 8.06. The van der Waals surface area contributed by atoms with Crippen LogP contribution in [0.15, 0.2) is 29.4 Å². The van der Waals surface area contributed by atoms with Gasteiger partial charge in [0.05, 0.1) is 6.54 Å². The van der Waals surface area contributed by atoms with Crippen molar-refractivity contribution >= 4 is 5.69 Å². The average molecular weight is 200 g/mol. The molecule has 1 aromatic carbocycles. The summed E-state index contributed by atoms with van der Waals surface area (Å²) in [5.74, 6) is 5.71. The summed E-state index contributed by atoms with van der Waals surface area (Å²) >= 11 is 0. The predicted octanol–water partition coefficient (Wildman–Crippen LogP) is 2.41. The highest BCUT2D eigenvalue weighted by Crippen LogP contribution is 2.12. The molecular weight excluding hydrogens is 188 g/mol. The van der Waals surface area contributed by atoms with Crippen molar-refractivity contribution in [1.82, 2.24) is 0 Å². The molecule has 0 N–H and O–H groups in total. The second-order valence-electron chi connectivity index (χ2n) is 3.14. The van der Waals surface area contributed by atoms with Crippen molar-refractivity contribution in [2.45, 2.75) is 0 Å². The Hall–Kier alpha value is -2.11. The fourth-order valence-corrected chi connectivity index (χ4v) is 1.07. The van der Waals surface area contributed by atoms with E-state index < -0.39 is 0 Å². The quantitative estimate of drug-likeness (QED) is 0.313. The molecule has 0 fully saturated rings. The molecule has 0 aliphatic rings. The molecule has 0 radical (unpaired) electrons. The Morgan fingerprint density at radius 2 is 2.27 bits per heavy atom. The van der Waals surface area contributed by atoms with Gasteiger partial charge in [0.25, 0.3) is 0 Å². The molecule has 0 unspecified atom stereocenters. The molecule has 15 heavy (non-hydrogen) atoms. The van der Waals surface area contributed by atoms with E-state index in [9.17, 15) is 0 Å². The first kappa shape index (κ1) is 11.0. The van der Waals surface area contributed by atoms with E-state index in [-0.39, 0.29) is 6.54 Å². The lowest BCUT2D eigenvalue weighted by molar-refractivity contribution is 1.13. The molecule has 0 bridgehead atoms. The zero-order valence-corrected chi connectivity index (χ0v) is 8.81. The van der Waals surface area contributed by atoms with Crippen molar-refractivity contribution in [2.24, 2.45) is 5.11 Å². The smallest absolute Gasteiger partial charge is 0.0880 e. The van der Waals surface area contributed by atoms with Gasteiger partial charge in [-0.25, -0.2) is 0 Å². The van der Waals surface area contributed by atoms with Gasteiger partial charge in [0.15, 0.2) is 0 Å². The van der Waals surface area contributed by atoms with Gasteiger partial charge in [0.2, 0.25) is 0 Å². The lowest BCUT2D eigenvalue weighted by atomic mass is 10.2. The Kier molecular flexibility index (Phi) is 4.08. The summed E-state index contributed by atoms with van der Waals surface area (Å²) in [6.45, 7) is 0.211. The molecule has 0 aliphatic heterocycles. The second kappa shape index (κ2) is 5.58. The van der Waals surface area contributed by atoms with Gasteiger partial charge in [-0.1, -0.05) is 23.0 Å². The number of anilines is 1. The Bertz CT molecular complexity index is 433. The molecule has 1 rings (SSSR count). The van der Waals surface area contributed by atoms with Crippen LogP contribution in [0.25, 0.3) is 10.4 Å². The van der Waals surface area contributed by atoms with E-state index in [1.807, 2.05) is 43.3 Å². The standard InChI is InChI=1S/C11H12N4/c1-15(2)11-7-3-5-10(9-11)6-4-8-13-14-12/h3,5,7,9H,8H2,1-2H3. The molecule has 0 amide bonds. The summed E-state index contributed by atoms with van der Waals surface area (Å²) in [7, 11) is 3.96. The molecule has 0 atom stereocenters. The minimum absolute atomic E-state index is 0.211. The van der Waals surface area contributed by atoms with Crippen LogP contribution in [-0.2, 0) is 0 Å². The summed E-state index contributed by atoms with van der Waals surface area (Å²) in [6.07, 6.45) is 0. The van der Waals surface area contributed by atoms with Gasteiger partial charge in [0, 0.05) is 30.3 Å². The predicted molar refractivity (Wildman–Crippen MR) is 61.7 cm³/mol. The first-order valence-electron chi connectivity index (χ1n) is 4.51. The third-order valence-electron chi connectivity index (χ3n) is 1.81. The van der Waals surface area contributed by atoms with Gasteiger partial charge in [0.1, 0.15) is 0 Å². The van der Waals surface area contributed by atoms with E-state index in [0.29, 0.717) is 0 Å². The molecule has 4 nitrogen and oxygen atoms in total. The minimum atomic E-state index is 0.211. The number of hydrogen-bond acceptors (Lipinski definition) is 2. The molecule has 1 aromatic rings. The van der Waals surface area contributed by atoms with E-state index >= 15 is 0 Å². The van der Waals surface area contributed by atoms with Gasteiger partial charge in [-0.3, -0.25) is 0 Å². The van der Waals surface area contributed by atoms with E-state index in [0.717, 1.165) is 11.3 Å². The van der Waals surface area contributed by atoms with Crippen LogP contribution in [0.3, 0.4) is 0 Å². The van der Waals surface area contributed by atoms with Crippen LogP contribution in [0.1, 0.15) is 5.56 Å². The molecule has 0 aromatic heterocycles. The van der Waals surface area contributed by atoms with Crippen LogP contribution >= 0.6 is 0 Å². The van der Waals surface area contributed by atoms with Crippen LogP contribution in [0.4, 0.5) is 5.69 Å². The first-order valence-corrected chi connectivity index (χ1v) is 4.51. The van der Waals surface area contributed by atoms with E-state index in [4.69, 9.17) is 5.53 Å². The SMILES string of the molecule is CN(C)c1cccc(C#CCN=[N+]=[N-])c1. The summed E-state index contributed by atoms with van der Waals surface area (Å²) in [6, 6.07) is 7.88. The maximum Gasteiger partial charge on any atom is 0.0880 e. The highest BCUT2D eigenvalue weighted by Gasteiger charge is 1.94. The number of rotatable bonds is 2. The lowest BCUT2D eigenvalue weighted by Gasteiger charge is -2.11. The van der Waals surface area contributed by atoms with Crippen LogP contribution in [0.5, 0.6) is 0 Å². The molecule has 0 aliphatic carbocycles. The normalized spacial score (nSPS) is 8.40. The zero-order valence-electron chi connectivity index (χ0n) is 8.81. The number of benzene rings is 1. The minimum Gasteiger partial charge on any atom is -0.378 e. The molecule has 0 saturated carbocycles. The lowest BCUT2D eigenvalue weighted by Crippen LogP contribution is -2.08. The van der Waals surface area contributed by atoms with Crippen molar-refractivity contribution in [3.05, 3.63) is 40.3 Å². The second-order valence-corrected chi connectivity index (χ2v) is 3.14. The summed E-state index contributed by atoms with van der Waals surface area (Å²) in [4.78, 5) is 4.64. The molecule has 4 heteroatoms. The first-order chi connectivity index (χ1) is 7.24. The fourth-order valence-electron chi connectivity index (χ4n) is 1.07. The number of nitrogens with zero attached hydrogens (tertiary/aromatic N) is 4. The van der Waals surface area contributed by atoms with E-state index in [1.54, 1.807) is 0 Å². The Balaban J connectivity index is 2.80. The number of azide groups is 1. The Morgan fingerprint density at radius 3 is 2.93 bits per heavy atom. The highest BCUT2D eigenvalue weighted by atomic mass is 15.1. The summed E-state index contributed by atoms with van der Waals surface area (Å²) in [5, 5.41) is 3.34. The van der Waals surface area contributed by atoms with Crippen molar-refractivity contribution in [3.63, 3.8) is 0 Å². The van der Waals surface area contributed by atoms with Gasteiger partial charge >= 0.3 is 0 Å². The van der Waals surface area contributed by atoms with Gasteiger partial charge in [-0.05, 0) is 23.7 Å². The monoisotopic (exact) mass is 200 g/mol. The Labute approximate surface area is 89.1 Å². The Morgan fingerprint density at radius 1 is 1.47 bits per heavy atom.